The first kappa shape index (κ1) is 27.2. The molecule has 0 rings (SSSR count). The molecule has 0 aromatic carbocycles. The number of carbonyl (C=O) groups is 2. The summed E-state index contributed by atoms with van der Waals surface area (Å²) < 4.78 is 0. The van der Waals surface area contributed by atoms with Crippen LogP contribution < -0.4 is 34.7 Å². The van der Waals surface area contributed by atoms with Crippen molar-refractivity contribution in [3.63, 3.8) is 0 Å². The fraction of sp³-hybridized carbons (Fsp3) is 0.900. The summed E-state index contributed by atoms with van der Waals surface area (Å²) in [4.78, 5) is 25.0. The zero-order chi connectivity index (χ0) is 18.2. The van der Waals surface area contributed by atoms with Gasteiger partial charge >= 0.3 is 29.6 Å². The van der Waals surface area contributed by atoms with E-state index in [1.54, 1.807) is 4.90 Å². The molecular weight excluding hydrogens is 325 g/mol. The zero-order valence-electron chi connectivity index (χ0n) is 17.1. The third kappa shape index (κ3) is 14.8. The normalized spacial score (nSPS) is 11.6. The van der Waals surface area contributed by atoms with Crippen molar-refractivity contribution in [3.05, 3.63) is 0 Å². The van der Waals surface area contributed by atoms with E-state index in [0.717, 1.165) is 12.8 Å². The summed E-state index contributed by atoms with van der Waals surface area (Å²) in [5, 5.41) is 10.9. The molecule has 0 aliphatic heterocycles. The van der Waals surface area contributed by atoms with E-state index in [1.165, 1.54) is 51.4 Å². The number of hydrogen-bond donors (Lipinski definition) is 0. The molecule has 1 atom stereocenters. The van der Waals surface area contributed by atoms with Crippen LogP contribution in [0.25, 0.3) is 0 Å². The number of unbranched alkanes of at least 4 members (excludes halogenated alkanes) is 9. The number of amides is 1. The number of aliphatic carboxylic acids is 1. The van der Waals surface area contributed by atoms with Crippen LogP contribution in [-0.2, 0) is 9.59 Å². The Morgan fingerprint density at radius 2 is 1.24 bits per heavy atom. The molecule has 25 heavy (non-hydrogen) atoms. The molecule has 1 unspecified atom stereocenters. The molecule has 0 bridgehead atoms. The van der Waals surface area contributed by atoms with Crippen molar-refractivity contribution in [2.75, 3.05) is 13.1 Å². The van der Waals surface area contributed by atoms with Gasteiger partial charge in [0, 0.05) is 25.0 Å². The number of carboxylic acids is 1. The van der Waals surface area contributed by atoms with Crippen LogP contribution in [0.15, 0.2) is 0 Å². The van der Waals surface area contributed by atoms with E-state index >= 15 is 0 Å². The van der Waals surface area contributed by atoms with Crippen molar-refractivity contribution in [1.29, 1.82) is 0 Å². The van der Waals surface area contributed by atoms with Crippen molar-refractivity contribution in [2.45, 2.75) is 97.8 Å². The number of hydrogen-bond acceptors (Lipinski definition) is 3. The van der Waals surface area contributed by atoms with Gasteiger partial charge in [-0.1, -0.05) is 71.1 Å². The van der Waals surface area contributed by atoms with E-state index in [0.29, 0.717) is 19.5 Å². The van der Waals surface area contributed by atoms with E-state index in [9.17, 15) is 14.7 Å². The fourth-order valence-electron chi connectivity index (χ4n) is 3.19. The summed E-state index contributed by atoms with van der Waals surface area (Å²) in [5.41, 5.74) is 0. The maximum Gasteiger partial charge on any atom is 1.00 e. The van der Waals surface area contributed by atoms with Gasteiger partial charge in [0.05, 0.1) is 0 Å². The first-order valence-electron chi connectivity index (χ1n) is 10.0. The molecule has 0 saturated carbocycles. The molecule has 0 fully saturated rings. The molecule has 0 N–H and O–H groups in total. The molecule has 4 nitrogen and oxygen atoms in total. The van der Waals surface area contributed by atoms with Crippen molar-refractivity contribution in [1.82, 2.24) is 4.90 Å². The van der Waals surface area contributed by atoms with Crippen LogP contribution in [0, 0.1) is 5.92 Å². The summed E-state index contributed by atoms with van der Waals surface area (Å²) >= 11 is 0. The summed E-state index contributed by atoms with van der Waals surface area (Å²) in [6.07, 6.45) is 12.9. The standard InChI is InChI=1S/C20H39NO3.Na/c1-4-7-8-9-10-11-12-13-14-15-16-18(17-19(22)23)20(24)21(5-2)6-3;/h18H,4-17H2,1-3H3,(H,22,23);/q;+1/p-1. The van der Waals surface area contributed by atoms with Crippen LogP contribution >= 0.6 is 0 Å². The Labute approximate surface area is 177 Å². The first-order valence-corrected chi connectivity index (χ1v) is 10.0. The molecule has 0 radical (unpaired) electrons. The average molecular weight is 364 g/mol. The Morgan fingerprint density at radius 1 is 0.800 bits per heavy atom. The molecule has 0 saturated heterocycles. The quantitative estimate of drug-likeness (QED) is 0.303. The van der Waals surface area contributed by atoms with Crippen LogP contribution in [0.1, 0.15) is 97.8 Å². The van der Waals surface area contributed by atoms with Gasteiger partial charge in [-0.05, 0) is 26.7 Å². The second kappa shape index (κ2) is 18.7. The third-order valence-corrected chi connectivity index (χ3v) is 4.74. The molecular formula is C20H38NNaO3. The Balaban J connectivity index is 0. The predicted octanol–water partition coefficient (Wildman–Crippen LogP) is 0.926. The van der Waals surface area contributed by atoms with E-state index in [1.807, 2.05) is 13.8 Å². The van der Waals surface area contributed by atoms with Gasteiger partial charge in [0.1, 0.15) is 0 Å². The van der Waals surface area contributed by atoms with Crippen molar-refractivity contribution in [3.8, 4) is 0 Å². The minimum Gasteiger partial charge on any atom is -0.550 e. The molecule has 0 aliphatic rings. The third-order valence-electron chi connectivity index (χ3n) is 4.74. The van der Waals surface area contributed by atoms with Gasteiger partial charge in [-0.15, -0.1) is 0 Å². The zero-order valence-corrected chi connectivity index (χ0v) is 19.1. The molecule has 142 valence electrons. The summed E-state index contributed by atoms with van der Waals surface area (Å²) in [5.74, 6) is -1.56. The van der Waals surface area contributed by atoms with E-state index in [-0.39, 0.29) is 41.9 Å². The second-order valence-corrected chi connectivity index (χ2v) is 6.75. The monoisotopic (exact) mass is 363 g/mol. The number of carboxylic acid groups (broad SMARTS) is 1. The second-order valence-electron chi connectivity index (χ2n) is 6.75. The molecule has 0 heterocycles. The summed E-state index contributed by atoms with van der Waals surface area (Å²) in [6.45, 7) is 7.36. The van der Waals surface area contributed by atoms with E-state index in [2.05, 4.69) is 6.92 Å². The van der Waals surface area contributed by atoms with Crippen LogP contribution in [-0.4, -0.2) is 29.9 Å². The molecule has 0 aliphatic carbocycles. The van der Waals surface area contributed by atoms with Gasteiger partial charge < -0.3 is 14.8 Å². The molecule has 1 amide bonds. The molecule has 0 aromatic heterocycles. The maximum atomic E-state index is 12.4. The maximum absolute atomic E-state index is 12.4. The largest absolute Gasteiger partial charge is 1.00 e. The van der Waals surface area contributed by atoms with Crippen LogP contribution in [0.4, 0.5) is 0 Å². The number of nitrogens with zero attached hydrogens (tertiary/aromatic N) is 1. The van der Waals surface area contributed by atoms with Crippen LogP contribution in [0.2, 0.25) is 0 Å². The smallest absolute Gasteiger partial charge is 0.550 e. The molecule has 0 aromatic rings. The van der Waals surface area contributed by atoms with Crippen LogP contribution in [0.5, 0.6) is 0 Å². The minimum atomic E-state index is -1.12. The predicted molar refractivity (Wildman–Crippen MR) is 97.5 cm³/mol. The molecule has 5 heteroatoms. The summed E-state index contributed by atoms with van der Waals surface area (Å²) in [6, 6.07) is 0. The van der Waals surface area contributed by atoms with Gasteiger partial charge in [0.25, 0.3) is 0 Å². The van der Waals surface area contributed by atoms with Crippen LogP contribution in [0.3, 0.4) is 0 Å². The number of carbonyl (C=O) groups excluding carboxylic acids is 2. The van der Waals surface area contributed by atoms with Crippen molar-refractivity contribution >= 4 is 11.9 Å². The fourth-order valence-corrected chi connectivity index (χ4v) is 3.19. The van der Waals surface area contributed by atoms with Gasteiger partial charge in [0.2, 0.25) is 5.91 Å². The Morgan fingerprint density at radius 3 is 1.64 bits per heavy atom. The average Bonchev–Trinajstić information content (AvgIpc) is 2.56. The Bertz CT molecular complexity index is 333. The minimum absolute atomic E-state index is 0. The SMILES string of the molecule is CCCCCCCCCCCCC(CC(=O)[O-])C(=O)N(CC)CC.[Na+]. The van der Waals surface area contributed by atoms with Gasteiger partial charge in [-0.3, -0.25) is 4.79 Å². The van der Waals surface area contributed by atoms with Gasteiger partial charge in [0.15, 0.2) is 0 Å². The van der Waals surface area contributed by atoms with Gasteiger partial charge in [-0.2, -0.15) is 0 Å². The number of rotatable bonds is 16. The topological polar surface area (TPSA) is 60.4 Å². The molecule has 0 spiro atoms. The van der Waals surface area contributed by atoms with Crippen molar-refractivity contribution in [2.24, 2.45) is 5.92 Å². The first-order chi connectivity index (χ1) is 11.6. The van der Waals surface area contributed by atoms with Crippen molar-refractivity contribution < 1.29 is 44.3 Å². The Kier molecular flexibility index (Phi) is 20.3. The van der Waals surface area contributed by atoms with E-state index in [4.69, 9.17) is 0 Å². The summed E-state index contributed by atoms with van der Waals surface area (Å²) in [7, 11) is 0. The Hall–Kier alpha value is -0.0600. The van der Waals surface area contributed by atoms with Gasteiger partial charge in [-0.25, -0.2) is 0 Å². The van der Waals surface area contributed by atoms with E-state index < -0.39 is 11.9 Å².